The first kappa shape index (κ1) is 12.7. The number of halogens is 1. The van der Waals surface area contributed by atoms with Gasteiger partial charge in [0.05, 0.1) is 7.11 Å². The molecule has 7 heteroatoms. The van der Waals surface area contributed by atoms with E-state index in [1.54, 1.807) is 0 Å². The van der Waals surface area contributed by atoms with E-state index in [1.807, 2.05) is 0 Å². The minimum Gasteiger partial charge on any atom is -0.482 e. The van der Waals surface area contributed by atoms with E-state index in [0.29, 0.717) is 0 Å². The number of carbonyl (C=O) groups is 2. The molecule has 0 aromatic carbocycles. The van der Waals surface area contributed by atoms with Crippen LogP contribution in [0.3, 0.4) is 0 Å². The molecule has 0 fully saturated rings. The molecule has 0 saturated carbocycles. The van der Waals surface area contributed by atoms with Gasteiger partial charge >= 0.3 is 6.09 Å². The summed E-state index contributed by atoms with van der Waals surface area (Å²) in [6.45, 7) is 1.50. The Kier molecular flexibility index (Phi) is 5.62. The van der Waals surface area contributed by atoms with Crippen molar-refractivity contribution in [1.29, 1.82) is 0 Å². The van der Waals surface area contributed by atoms with Crippen LogP contribution >= 0.6 is 11.6 Å². The lowest BCUT2D eigenvalue weighted by Crippen LogP contribution is -2.33. The van der Waals surface area contributed by atoms with Crippen molar-refractivity contribution in [3.05, 3.63) is 0 Å². The van der Waals surface area contributed by atoms with Crippen molar-refractivity contribution in [2.24, 2.45) is 5.16 Å². The van der Waals surface area contributed by atoms with E-state index >= 15 is 0 Å². The third-order valence-electron chi connectivity index (χ3n) is 1.31. The minimum absolute atomic E-state index is 0.171. The van der Waals surface area contributed by atoms with Crippen LogP contribution in [0.1, 0.15) is 6.92 Å². The number of carbonyl (C=O) groups excluding carboxylic acids is 2. The van der Waals surface area contributed by atoms with Crippen molar-refractivity contribution >= 4 is 29.5 Å². The van der Waals surface area contributed by atoms with Gasteiger partial charge in [-0.1, -0.05) is 0 Å². The maximum Gasteiger partial charge on any atom is 0.442 e. The van der Waals surface area contributed by atoms with Crippen LogP contribution in [-0.4, -0.2) is 42.8 Å². The largest absolute Gasteiger partial charge is 0.482 e. The monoisotopic (exact) mass is 222 g/mol. The number of hydrogen-bond acceptors (Lipinski definition) is 5. The number of methoxy groups -OCH3 is 1. The van der Waals surface area contributed by atoms with Crippen LogP contribution in [-0.2, 0) is 14.4 Å². The molecule has 0 atom stereocenters. The predicted molar refractivity (Wildman–Crippen MR) is 50.1 cm³/mol. The van der Waals surface area contributed by atoms with Gasteiger partial charge in [-0.25, -0.2) is 9.69 Å². The van der Waals surface area contributed by atoms with Crippen LogP contribution in [0.25, 0.3) is 0 Å². The number of amides is 2. The van der Waals surface area contributed by atoms with E-state index in [2.05, 4.69) is 14.7 Å². The first-order chi connectivity index (χ1) is 6.52. The molecule has 0 aromatic rings. The average molecular weight is 223 g/mol. The van der Waals surface area contributed by atoms with E-state index in [-0.39, 0.29) is 11.8 Å². The highest BCUT2D eigenvalue weighted by atomic mass is 35.5. The Morgan fingerprint density at radius 3 is 2.50 bits per heavy atom. The second kappa shape index (κ2) is 6.20. The molecule has 80 valence electrons. The van der Waals surface area contributed by atoms with E-state index in [0.717, 1.165) is 4.90 Å². The number of nitrogens with zero attached hydrogens (tertiary/aromatic N) is 2. The van der Waals surface area contributed by atoms with Gasteiger partial charge in [0.1, 0.15) is 5.88 Å². The highest BCUT2D eigenvalue weighted by molar-refractivity contribution is 6.28. The molecule has 0 aromatic heterocycles. The highest BCUT2D eigenvalue weighted by Crippen LogP contribution is 1.94. The Balaban J connectivity index is 4.15. The van der Waals surface area contributed by atoms with E-state index < -0.39 is 12.0 Å². The zero-order valence-corrected chi connectivity index (χ0v) is 8.87. The molecule has 6 nitrogen and oxygen atoms in total. The number of rotatable bonds is 2. The van der Waals surface area contributed by atoms with Crippen LogP contribution in [0, 0.1) is 0 Å². The van der Waals surface area contributed by atoms with Gasteiger partial charge in [0.15, 0.2) is 0 Å². The van der Waals surface area contributed by atoms with Crippen LogP contribution in [0.5, 0.6) is 0 Å². The van der Waals surface area contributed by atoms with Crippen LogP contribution in [0.15, 0.2) is 5.16 Å². The number of ether oxygens (including phenoxy) is 1. The van der Waals surface area contributed by atoms with E-state index in [9.17, 15) is 9.59 Å². The normalized spacial score (nSPS) is 10.7. The van der Waals surface area contributed by atoms with E-state index in [1.165, 1.54) is 21.1 Å². The van der Waals surface area contributed by atoms with Gasteiger partial charge in [-0.3, -0.25) is 9.63 Å². The Bertz CT molecular complexity index is 254. The SMILES string of the molecule is COC(C)=NOC(=O)N(C)C(=O)CCl. The van der Waals surface area contributed by atoms with Gasteiger partial charge in [0, 0.05) is 14.0 Å². The molecular weight excluding hydrogens is 212 g/mol. The molecule has 0 rings (SSSR count). The van der Waals surface area contributed by atoms with Gasteiger partial charge in [0.2, 0.25) is 11.8 Å². The van der Waals surface area contributed by atoms with Crippen molar-refractivity contribution in [2.75, 3.05) is 20.0 Å². The molecule has 0 saturated heterocycles. The van der Waals surface area contributed by atoms with Crippen molar-refractivity contribution in [1.82, 2.24) is 4.90 Å². The highest BCUT2D eigenvalue weighted by Gasteiger charge is 2.17. The zero-order chi connectivity index (χ0) is 11.1. The fourth-order valence-electron chi connectivity index (χ4n) is 0.393. The van der Waals surface area contributed by atoms with E-state index in [4.69, 9.17) is 11.6 Å². The molecule has 0 bridgehead atoms. The molecule has 0 unspecified atom stereocenters. The van der Waals surface area contributed by atoms with Gasteiger partial charge in [0.25, 0.3) is 0 Å². The smallest absolute Gasteiger partial charge is 0.442 e. The first-order valence-corrected chi connectivity index (χ1v) is 4.18. The molecular formula is C7H11ClN2O4. The van der Waals surface area contributed by atoms with Gasteiger partial charge in [-0.15, -0.1) is 11.6 Å². The maximum atomic E-state index is 11.0. The molecule has 2 amide bonds. The summed E-state index contributed by atoms with van der Waals surface area (Å²) in [6, 6.07) is 0. The molecule has 14 heavy (non-hydrogen) atoms. The van der Waals surface area contributed by atoms with Crippen molar-refractivity contribution in [2.45, 2.75) is 6.92 Å². The lowest BCUT2D eigenvalue weighted by atomic mass is 10.6. The summed E-state index contributed by atoms with van der Waals surface area (Å²) in [5.74, 6) is -0.689. The Hall–Kier alpha value is -1.30. The fourth-order valence-corrected chi connectivity index (χ4v) is 0.573. The van der Waals surface area contributed by atoms with Gasteiger partial charge < -0.3 is 4.74 Å². The molecule has 0 aliphatic heterocycles. The van der Waals surface area contributed by atoms with Crippen LogP contribution in [0.4, 0.5) is 4.79 Å². The quantitative estimate of drug-likeness (QED) is 0.228. The Labute approximate surface area is 86.4 Å². The second-order valence-corrected chi connectivity index (χ2v) is 2.53. The zero-order valence-electron chi connectivity index (χ0n) is 8.11. The topological polar surface area (TPSA) is 68.2 Å². The predicted octanol–water partition coefficient (Wildman–Crippen LogP) is 0.800. The lowest BCUT2D eigenvalue weighted by Gasteiger charge is -2.10. The third kappa shape index (κ3) is 4.08. The summed E-state index contributed by atoms with van der Waals surface area (Å²) in [6.07, 6.45) is -0.910. The average Bonchev–Trinajstić information content (AvgIpc) is 2.22. The molecule has 0 heterocycles. The number of hydrogen-bond donors (Lipinski definition) is 0. The number of alkyl halides is 1. The van der Waals surface area contributed by atoms with Gasteiger partial charge in [-0.05, 0) is 5.16 Å². The minimum atomic E-state index is -0.910. The number of imide groups is 1. The molecule has 0 N–H and O–H groups in total. The van der Waals surface area contributed by atoms with Crippen molar-refractivity contribution in [3.8, 4) is 0 Å². The van der Waals surface area contributed by atoms with Crippen molar-refractivity contribution in [3.63, 3.8) is 0 Å². The second-order valence-electron chi connectivity index (χ2n) is 2.26. The van der Waals surface area contributed by atoms with Crippen LogP contribution in [0.2, 0.25) is 0 Å². The molecule has 0 aliphatic rings. The van der Waals surface area contributed by atoms with Gasteiger partial charge in [-0.2, -0.15) is 0 Å². The summed E-state index contributed by atoms with van der Waals surface area (Å²) in [7, 11) is 2.62. The molecule has 0 aliphatic carbocycles. The third-order valence-corrected chi connectivity index (χ3v) is 1.54. The Morgan fingerprint density at radius 1 is 1.50 bits per heavy atom. The number of oxime groups is 1. The van der Waals surface area contributed by atoms with Crippen LogP contribution < -0.4 is 0 Å². The standard InChI is InChI=1S/C7H11ClN2O4/c1-5(13-3)9-14-7(12)10(2)6(11)4-8/h4H2,1-3H3. The first-order valence-electron chi connectivity index (χ1n) is 3.65. The van der Waals surface area contributed by atoms with Crippen molar-refractivity contribution < 1.29 is 19.2 Å². The summed E-state index contributed by atoms with van der Waals surface area (Å²) < 4.78 is 4.61. The summed E-state index contributed by atoms with van der Waals surface area (Å²) in [5.41, 5.74) is 0. The Morgan fingerprint density at radius 2 is 2.07 bits per heavy atom. The molecule has 0 radical (unpaired) electrons. The summed E-state index contributed by atoms with van der Waals surface area (Å²) in [5, 5.41) is 3.29. The molecule has 0 spiro atoms. The summed E-state index contributed by atoms with van der Waals surface area (Å²) in [4.78, 5) is 27.0. The summed E-state index contributed by atoms with van der Waals surface area (Å²) >= 11 is 5.22. The maximum absolute atomic E-state index is 11.0. The lowest BCUT2D eigenvalue weighted by molar-refractivity contribution is -0.125. The fraction of sp³-hybridized carbons (Fsp3) is 0.571.